The zero-order chi connectivity index (χ0) is 18.5. The minimum absolute atomic E-state index is 0. The summed E-state index contributed by atoms with van der Waals surface area (Å²) in [5.41, 5.74) is 3.57. The zero-order valence-corrected chi connectivity index (χ0v) is 24.8. The van der Waals surface area contributed by atoms with E-state index in [1.54, 1.807) is 77.0 Å². The van der Waals surface area contributed by atoms with Crippen LogP contribution in [0.2, 0.25) is 0 Å². The Hall–Kier alpha value is 0.693. The summed E-state index contributed by atoms with van der Waals surface area (Å²) in [7, 11) is 4.95. The van der Waals surface area contributed by atoms with Crippen molar-refractivity contribution in [3.63, 3.8) is 0 Å². The molecule has 0 N–H and O–H groups in total. The third-order valence-electron chi connectivity index (χ3n) is 6.54. The molecule has 3 aliphatic carbocycles. The van der Waals surface area contributed by atoms with E-state index >= 15 is 0 Å². The molecular formula is C28H53ClPRu-6. The van der Waals surface area contributed by atoms with Crippen molar-refractivity contribution >= 4 is 17.6 Å². The minimum atomic E-state index is 0. The molecule has 0 heterocycles. The molecule has 0 aromatic heterocycles. The first-order chi connectivity index (χ1) is 12.9. The summed E-state index contributed by atoms with van der Waals surface area (Å²) in [6.07, 6.45) is 23.6. The Balaban J connectivity index is -0.000000267. The van der Waals surface area contributed by atoms with Crippen LogP contribution in [0.3, 0.4) is 0 Å². The van der Waals surface area contributed by atoms with Gasteiger partial charge in [0.1, 0.15) is 0 Å². The molecule has 0 atom stereocenters. The molecular weight excluding hydrogens is 504 g/mol. The van der Waals surface area contributed by atoms with Gasteiger partial charge in [-0.2, -0.15) is 18.2 Å². The van der Waals surface area contributed by atoms with Gasteiger partial charge in [-0.3, -0.25) is 0 Å². The van der Waals surface area contributed by atoms with E-state index in [0.717, 1.165) is 0 Å². The van der Waals surface area contributed by atoms with Crippen LogP contribution in [0.15, 0.2) is 30.3 Å². The molecule has 3 fully saturated rings. The van der Waals surface area contributed by atoms with Crippen molar-refractivity contribution < 1.29 is 17.3 Å². The zero-order valence-electron chi connectivity index (χ0n) is 21.4. The molecule has 0 bridgehead atoms. The molecule has 0 saturated heterocycles. The van der Waals surface area contributed by atoms with E-state index in [4.69, 9.17) is 0 Å². The maximum Gasteiger partial charge on any atom is -0.172 e. The first-order valence-corrected chi connectivity index (χ1v) is 14.8. The standard InChI is InChI=1S/C18H33P.C5H5.5CH3.ClH.Ru/c1-4-10-16(11-5-1)19(17-12-6-2-7-13-17)18-14-8-3-9-15-18;1-2-4-5-3-1;;;;;;;/h16-18H,1-15H2;1-5H;5*1H3;1H;/q;6*-1;;+1/p-1. The van der Waals surface area contributed by atoms with Gasteiger partial charge in [-0.1, -0.05) is 65.7 Å². The van der Waals surface area contributed by atoms with Gasteiger partial charge in [0.25, 0.3) is 0 Å². The summed E-state index contributed by atoms with van der Waals surface area (Å²) in [4.78, 5) is 0. The molecule has 31 heavy (non-hydrogen) atoms. The summed E-state index contributed by atoms with van der Waals surface area (Å²) in [5, 5.41) is 0. The van der Waals surface area contributed by atoms with Gasteiger partial charge in [0, 0.05) is 0 Å². The molecule has 0 amide bonds. The Labute approximate surface area is 214 Å². The number of rotatable bonds is 3. The topological polar surface area (TPSA) is 0 Å². The Kier molecular flexibility index (Phi) is 31.8. The first kappa shape index (κ1) is 38.9. The predicted molar refractivity (Wildman–Crippen MR) is 147 cm³/mol. The first-order valence-electron chi connectivity index (χ1n) is 11.0. The predicted octanol–water partition coefficient (Wildman–Crippen LogP) is 10.8. The molecule has 0 nitrogen and oxygen atoms in total. The number of hydrogen-bond donors (Lipinski definition) is 0. The largest absolute Gasteiger partial charge is 0.214 e. The maximum absolute atomic E-state index is 4.57. The van der Waals surface area contributed by atoms with E-state index in [1.807, 2.05) is 47.6 Å². The Morgan fingerprint density at radius 1 is 0.516 bits per heavy atom. The van der Waals surface area contributed by atoms with Crippen LogP contribution in [0, 0.1) is 37.1 Å². The quantitative estimate of drug-likeness (QED) is 0.197. The normalized spacial score (nSPS) is 19.2. The number of hydrogen-bond acceptors (Lipinski definition) is 0. The van der Waals surface area contributed by atoms with Crippen LogP contribution in [0.5, 0.6) is 0 Å². The van der Waals surface area contributed by atoms with Gasteiger partial charge < -0.3 is 37.1 Å². The van der Waals surface area contributed by atoms with Gasteiger partial charge in [0.05, 0.1) is 0 Å². The van der Waals surface area contributed by atoms with Gasteiger partial charge >= 0.3 is 27.0 Å². The number of halogens is 1. The van der Waals surface area contributed by atoms with Crippen molar-refractivity contribution in [2.24, 2.45) is 0 Å². The molecule has 3 heteroatoms. The molecule has 0 spiro atoms. The molecule has 4 rings (SSSR count). The van der Waals surface area contributed by atoms with Gasteiger partial charge in [0.15, 0.2) is 0 Å². The summed E-state index contributed by atoms with van der Waals surface area (Å²) in [5.74, 6) is 0. The molecule has 0 unspecified atom stereocenters. The van der Waals surface area contributed by atoms with Crippen LogP contribution < -0.4 is 0 Å². The van der Waals surface area contributed by atoms with Crippen molar-refractivity contribution in [1.82, 2.24) is 0 Å². The van der Waals surface area contributed by atoms with E-state index in [-0.39, 0.29) is 37.1 Å². The second-order valence-electron chi connectivity index (χ2n) is 8.28. The van der Waals surface area contributed by atoms with E-state index in [1.165, 1.54) is 36.2 Å². The van der Waals surface area contributed by atoms with Crippen molar-refractivity contribution in [2.75, 3.05) is 0 Å². The summed E-state index contributed by atoms with van der Waals surface area (Å²) < 4.78 is 0. The van der Waals surface area contributed by atoms with E-state index in [0.29, 0.717) is 7.92 Å². The van der Waals surface area contributed by atoms with Crippen molar-refractivity contribution in [1.29, 1.82) is 0 Å². The molecule has 3 aliphatic rings. The van der Waals surface area contributed by atoms with Gasteiger partial charge in [-0.15, -0.1) is 0 Å². The molecule has 0 aliphatic heterocycles. The molecule has 3 saturated carbocycles. The Morgan fingerprint density at radius 3 is 0.968 bits per heavy atom. The SMILES string of the molecule is C1CCC(P(C2CCCCC2)C2CCCCC2)CC1.[CH3-].[CH3-].[CH3-].[CH3-].[CH3-].[Cl][Ru].c1cc[cH-]c1. The van der Waals surface area contributed by atoms with Crippen LogP contribution in [-0.2, 0) is 17.3 Å². The fourth-order valence-electron chi connectivity index (χ4n) is 5.35. The fraction of sp³-hybridized carbons (Fsp3) is 0.643. The van der Waals surface area contributed by atoms with Crippen molar-refractivity contribution in [2.45, 2.75) is 113 Å². The third-order valence-corrected chi connectivity index (χ3v) is 10.6. The summed E-state index contributed by atoms with van der Waals surface area (Å²) >= 11 is 1.82. The second kappa shape index (κ2) is 25.3. The Morgan fingerprint density at radius 2 is 0.774 bits per heavy atom. The fourth-order valence-corrected chi connectivity index (χ4v) is 10.0. The molecule has 191 valence electrons. The second-order valence-corrected chi connectivity index (χ2v) is 11.4. The summed E-state index contributed by atoms with van der Waals surface area (Å²) in [6.45, 7) is 0. The average molecular weight is 557 g/mol. The van der Waals surface area contributed by atoms with Crippen molar-refractivity contribution in [3.05, 3.63) is 67.5 Å². The molecule has 1 aromatic carbocycles. The van der Waals surface area contributed by atoms with Crippen molar-refractivity contribution in [3.8, 4) is 0 Å². The molecule has 1 aromatic rings. The Bertz CT molecular complexity index is 345. The maximum atomic E-state index is 4.57. The van der Waals surface area contributed by atoms with Crippen LogP contribution in [0.4, 0.5) is 0 Å². The average Bonchev–Trinajstić information content (AvgIpc) is 3.33. The third kappa shape index (κ3) is 14.5. The summed E-state index contributed by atoms with van der Waals surface area (Å²) in [6, 6.07) is 10.0. The van der Waals surface area contributed by atoms with Gasteiger partial charge in [0.2, 0.25) is 0 Å². The minimum Gasteiger partial charge on any atom is -0.214 e. The van der Waals surface area contributed by atoms with Gasteiger partial charge in [-0.05, 0) is 55.5 Å². The van der Waals surface area contributed by atoms with E-state index < -0.39 is 0 Å². The molecule has 0 radical (unpaired) electrons. The van der Waals surface area contributed by atoms with Crippen LogP contribution in [0.1, 0.15) is 96.3 Å². The van der Waals surface area contributed by atoms with Crippen LogP contribution in [-0.4, -0.2) is 17.0 Å². The van der Waals surface area contributed by atoms with E-state index in [2.05, 4.69) is 9.69 Å². The smallest absolute Gasteiger partial charge is 0.172 e. The van der Waals surface area contributed by atoms with Crippen LogP contribution >= 0.6 is 17.6 Å². The van der Waals surface area contributed by atoms with Crippen LogP contribution in [0.25, 0.3) is 0 Å². The monoisotopic (exact) mass is 557 g/mol. The van der Waals surface area contributed by atoms with Gasteiger partial charge in [-0.25, -0.2) is 12.1 Å². The van der Waals surface area contributed by atoms with E-state index in [9.17, 15) is 0 Å².